The lowest BCUT2D eigenvalue weighted by Gasteiger charge is -2.30. The summed E-state index contributed by atoms with van der Waals surface area (Å²) in [7, 11) is 3.18. The lowest BCUT2D eigenvalue weighted by molar-refractivity contribution is -0.120. The van der Waals surface area contributed by atoms with E-state index >= 15 is 0 Å². The van der Waals surface area contributed by atoms with Crippen molar-refractivity contribution in [2.75, 3.05) is 19.1 Å². The zero-order valence-corrected chi connectivity index (χ0v) is 17.9. The molecule has 4 rings (SSSR count). The van der Waals surface area contributed by atoms with Crippen LogP contribution >= 0.6 is 0 Å². The van der Waals surface area contributed by atoms with Gasteiger partial charge in [-0.15, -0.1) is 0 Å². The third-order valence-corrected chi connectivity index (χ3v) is 5.57. The number of benzene rings is 2. The van der Waals surface area contributed by atoms with Gasteiger partial charge >= 0.3 is 0 Å². The van der Waals surface area contributed by atoms with Crippen LogP contribution in [0.4, 0.5) is 5.69 Å². The Bertz CT molecular complexity index is 1180. The molecule has 1 aromatic heterocycles. The van der Waals surface area contributed by atoms with Crippen molar-refractivity contribution < 1.29 is 19.1 Å². The summed E-state index contributed by atoms with van der Waals surface area (Å²) in [4.78, 5) is 44.3. The van der Waals surface area contributed by atoms with Crippen molar-refractivity contribution in [2.45, 2.75) is 13.0 Å². The summed E-state index contributed by atoms with van der Waals surface area (Å²) < 4.78 is 5.10. The number of fused-ring (bicyclic) bond motifs is 1. The maximum absolute atomic E-state index is 13.2. The fourth-order valence-corrected chi connectivity index (χ4v) is 3.81. The van der Waals surface area contributed by atoms with Crippen molar-refractivity contribution in [1.82, 2.24) is 10.3 Å². The van der Waals surface area contributed by atoms with E-state index in [1.807, 2.05) is 30.3 Å². The summed E-state index contributed by atoms with van der Waals surface area (Å²) in [5.74, 6) is -1.16. The van der Waals surface area contributed by atoms with Crippen LogP contribution in [0.15, 0.2) is 66.9 Å². The van der Waals surface area contributed by atoms with Gasteiger partial charge in [-0.2, -0.15) is 0 Å². The van der Waals surface area contributed by atoms with Crippen molar-refractivity contribution in [3.8, 4) is 5.88 Å². The molecule has 0 saturated carbocycles. The van der Waals surface area contributed by atoms with Crippen LogP contribution in [0.3, 0.4) is 0 Å². The Morgan fingerprint density at radius 3 is 2.59 bits per heavy atom. The first-order valence-electron chi connectivity index (χ1n) is 10.2. The number of carbonyl (C=O) groups excluding carboxylic acids is 3. The molecule has 2 amide bonds. The molecule has 1 aliphatic heterocycles. The number of aromatic nitrogens is 1. The minimum atomic E-state index is -0.808. The molecule has 2 aromatic carbocycles. The zero-order chi connectivity index (χ0) is 22.7. The molecule has 0 radical (unpaired) electrons. The quantitative estimate of drug-likeness (QED) is 0.609. The molecule has 0 fully saturated rings. The molecule has 0 saturated heterocycles. The highest BCUT2D eigenvalue weighted by Gasteiger charge is 2.38. The summed E-state index contributed by atoms with van der Waals surface area (Å²) in [5.41, 5.74) is 3.01. The standard InChI is InChI=1S/C25H23N3O4/c1-28-21-9-8-18(24(30)27-15-17-10-11-26-22(13-17)32-2)14-19(21)23(29)20(25(28)31)12-16-6-4-3-5-7-16/h3-11,13-14,20H,12,15H2,1-2H3,(H,27,30). The number of carbonyl (C=O) groups is 3. The minimum Gasteiger partial charge on any atom is -0.481 e. The Labute approximate surface area is 186 Å². The van der Waals surface area contributed by atoms with E-state index in [0.29, 0.717) is 29.1 Å². The lowest BCUT2D eigenvalue weighted by atomic mass is 9.85. The van der Waals surface area contributed by atoms with E-state index in [2.05, 4.69) is 10.3 Å². The monoisotopic (exact) mass is 429 g/mol. The highest BCUT2D eigenvalue weighted by Crippen LogP contribution is 2.32. The SMILES string of the molecule is COc1cc(CNC(=O)c2ccc3c(c2)C(=O)C(Cc2ccccc2)C(=O)N3C)ccn1. The third kappa shape index (κ3) is 4.23. The van der Waals surface area contributed by atoms with Crippen molar-refractivity contribution in [3.63, 3.8) is 0 Å². The number of nitrogens with one attached hydrogen (secondary N) is 1. The number of methoxy groups -OCH3 is 1. The highest BCUT2D eigenvalue weighted by molar-refractivity contribution is 6.22. The number of Topliss-reactive ketones (excluding diaryl/α,β-unsaturated/α-hetero) is 1. The highest BCUT2D eigenvalue weighted by atomic mass is 16.5. The van der Waals surface area contributed by atoms with E-state index in [1.54, 1.807) is 43.6 Å². The van der Waals surface area contributed by atoms with Crippen molar-refractivity contribution in [3.05, 3.63) is 89.1 Å². The number of rotatable bonds is 6. The van der Waals surface area contributed by atoms with Crippen LogP contribution in [-0.4, -0.2) is 36.7 Å². The van der Waals surface area contributed by atoms with Crippen LogP contribution in [0.1, 0.15) is 31.8 Å². The second kappa shape index (κ2) is 9.01. The summed E-state index contributed by atoms with van der Waals surface area (Å²) in [6, 6.07) is 17.8. The zero-order valence-electron chi connectivity index (χ0n) is 17.9. The van der Waals surface area contributed by atoms with Crippen molar-refractivity contribution in [1.29, 1.82) is 0 Å². The molecule has 2 heterocycles. The van der Waals surface area contributed by atoms with E-state index in [4.69, 9.17) is 4.74 Å². The van der Waals surface area contributed by atoms with Gasteiger partial charge in [0, 0.05) is 37.0 Å². The number of hydrogen-bond acceptors (Lipinski definition) is 5. The molecule has 32 heavy (non-hydrogen) atoms. The average Bonchev–Trinajstić information content (AvgIpc) is 2.84. The van der Waals surface area contributed by atoms with Gasteiger partial charge < -0.3 is 15.0 Å². The molecule has 1 N–H and O–H groups in total. The fourth-order valence-electron chi connectivity index (χ4n) is 3.81. The van der Waals surface area contributed by atoms with Crippen LogP contribution in [0.25, 0.3) is 0 Å². The lowest BCUT2D eigenvalue weighted by Crippen LogP contribution is -2.43. The Balaban J connectivity index is 1.54. The van der Waals surface area contributed by atoms with E-state index < -0.39 is 5.92 Å². The van der Waals surface area contributed by atoms with E-state index in [0.717, 1.165) is 11.1 Å². The molecule has 7 heteroatoms. The van der Waals surface area contributed by atoms with Gasteiger partial charge in [0.15, 0.2) is 5.78 Å². The first kappa shape index (κ1) is 21.2. The molecule has 3 aromatic rings. The largest absolute Gasteiger partial charge is 0.481 e. The number of hydrogen-bond donors (Lipinski definition) is 1. The van der Waals surface area contributed by atoms with Gasteiger partial charge in [0.2, 0.25) is 11.8 Å². The fraction of sp³-hybridized carbons (Fsp3) is 0.200. The second-order valence-electron chi connectivity index (χ2n) is 7.62. The number of pyridine rings is 1. The second-order valence-corrected chi connectivity index (χ2v) is 7.62. The summed E-state index contributed by atoms with van der Waals surface area (Å²) in [5, 5.41) is 2.85. The van der Waals surface area contributed by atoms with Crippen LogP contribution < -0.4 is 15.0 Å². The molecule has 162 valence electrons. The molecule has 1 unspecified atom stereocenters. The van der Waals surface area contributed by atoms with E-state index in [-0.39, 0.29) is 24.1 Å². The number of ketones is 1. The Kier molecular flexibility index (Phi) is 5.98. The van der Waals surface area contributed by atoms with E-state index in [1.165, 1.54) is 12.0 Å². The smallest absolute Gasteiger partial charge is 0.251 e. The molecule has 7 nitrogen and oxygen atoms in total. The number of ether oxygens (including phenoxy) is 1. The molecule has 1 aliphatic rings. The number of amides is 2. The maximum Gasteiger partial charge on any atom is 0.251 e. The molecule has 0 spiro atoms. The summed E-state index contributed by atoms with van der Waals surface area (Å²) in [6.45, 7) is 0.289. The maximum atomic E-state index is 13.2. The minimum absolute atomic E-state index is 0.241. The molecule has 0 aliphatic carbocycles. The van der Waals surface area contributed by atoms with Crippen LogP contribution in [0.5, 0.6) is 5.88 Å². The van der Waals surface area contributed by atoms with Gasteiger partial charge in [-0.1, -0.05) is 30.3 Å². The third-order valence-electron chi connectivity index (χ3n) is 5.57. The Hall–Kier alpha value is -4.00. The van der Waals surface area contributed by atoms with Gasteiger partial charge in [0.1, 0.15) is 5.92 Å². The molecular weight excluding hydrogens is 406 g/mol. The first-order chi connectivity index (χ1) is 15.5. The number of nitrogens with zero attached hydrogens (tertiary/aromatic N) is 2. The first-order valence-corrected chi connectivity index (χ1v) is 10.2. The van der Waals surface area contributed by atoms with Gasteiger partial charge in [-0.05, 0) is 41.8 Å². The number of anilines is 1. The Morgan fingerprint density at radius 2 is 1.84 bits per heavy atom. The van der Waals surface area contributed by atoms with E-state index in [9.17, 15) is 14.4 Å². The summed E-state index contributed by atoms with van der Waals surface area (Å²) >= 11 is 0. The topological polar surface area (TPSA) is 88.6 Å². The molecule has 0 bridgehead atoms. The molecular formula is C25H23N3O4. The normalized spacial score (nSPS) is 15.3. The average molecular weight is 429 g/mol. The van der Waals surface area contributed by atoms with Gasteiger partial charge in [-0.25, -0.2) is 4.98 Å². The van der Waals surface area contributed by atoms with Crippen LogP contribution in [-0.2, 0) is 17.8 Å². The summed E-state index contributed by atoms with van der Waals surface area (Å²) in [6.07, 6.45) is 1.93. The predicted molar refractivity (Wildman–Crippen MR) is 120 cm³/mol. The predicted octanol–water partition coefficient (Wildman–Crippen LogP) is 3.04. The van der Waals surface area contributed by atoms with Gasteiger partial charge in [-0.3, -0.25) is 14.4 Å². The van der Waals surface area contributed by atoms with Crippen molar-refractivity contribution >= 4 is 23.3 Å². The van der Waals surface area contributed by atoms with Crippen LogP contribution in [0.2, 0.25) is 0 Å². The van der Waals surface area contributed by atoms with Gasteiger partial charge in [0.05, 0.1) is 12.8 Å². The van der Waals surface area contributed by atoms with Crippen LogP contribution in [0, 0.1) is 5.92 Å². The molecule has 1 atom stereocenters. The van der Waals surface area contributed by atoms with Crippen molar-refractivity contribution in [2.24, 2.45) is 5.92 Å². The van der Waals surface area contributed by atoms with Gasteiger partial charge in [0.25, 0.3) is 5.91 Å². The Morgan fingerprint density at radius 1 is 1.06 bits per heavy atom.